The Balaban J connectivity index is 1.51. The number of amides is 2. The summed E-state index contributed by atoms with van der Waals surface area (Å²) >= 11 is 0. The molecule has 0 radical (unpaired) electrons. The number of hydrogen-bond donors (Lipinski definition) is 1. The molecular formula is C24H31N5O2. The van der Waals surface area contributed by atoms with Gasteiger partial charge in [0, 0.05) is 69.1 Å². The molecule has 2 saturated heterocycles. The highest BCUT2D eigenvalue weighted by molar-refractivity contribution is 5.89. The first-order chi connectivity index (χ1) is 15.0. The summed E-state index contributed by atoms with van der Waals surface area (Å²) in [5.41, 5.74) is 3.67. The zero-order chi connectivity index (χ0) is 21.8. The number of rotatable bonds is 4. The molecule has 3 heterocycles. The van der Waals surface area contributed by atoms with E-state index in [-0.39, 0.29) is 11.8 Å². The quantitative estimate of drug-likeness (QED) is 0.820. The number of piperidine rings is 2. The van der Waals surface area contributed by atoms with Crippen LogP contribution in [0.5, 0.6) is 0 Å². The highest BCUT2D eigenvalue weighted by atomic mass is 16.2. The average molecular weight is 422 g/mol. The summed E-state index contributed by atoms with van der Waals surface area (Å²) in [6, 6.07) is 8.34. The maximum atomic E-state index is 11.6. The third-order valence-corrected chi connectivity index (χ3v) is 6.45. The van der Waals surface area contributed by atoms with Crippen LogP contribution in [0.1, 0.15) is 51.1 Å². The van der Waals surface area contributed by atoms with Crippen molar-refractivity contribution in [2.45, 2.75) is 51.5 Å². The van der Waals surface area contributed by atoms with Crippen LogP contribution in [-0.2, 0) is 9.59 Å². The van der Waals surface area contributed by atoms with Crippen molar-refractivity contribution in [2.24, 2.45) is 0 Å². The number of carbonyl (C=O) groups is 2. The minimum absolute atomic E-state index is 0.0877. The van der Waals surface area contributed by atoms with Crippen LogP contribution in [0, 0.1) is 0 Å². The summed E-state index contributed by atoms with van der Waals surface area (Å²) in [5, 5.41) is 2.85. The fourth-order valence-electron chi connectivity index (χ4n) is 4.92. The number of anilines is 1. The van der Waals surface area contributed by atoms with Crippen molar-refractivity contribution < 1.29 is 9.59 Å². The van der Waals surface area contributed by atoms with E-state index in [9.17, 15) is 9.59 Å². The fraction of sp³-hybridized carbons (Fsp3) is 0.500. The summed E-state index contributed by atoms with van der Waals surface area (Å²) in [5.74, 6) is 0.420. The van der Waals surface area contributed by atoms with E-state index in [0.717, 1.165) is 74.5 Å². The Hall–Kier alpha value is -2.80. The predicted octanol–water partition coefficient (Wildman–Crippen LogP) is 3.29. The van der Waals surface area contributed by atoms with E-state index < -0.39 is 0 Å². The van der Waals surface area contributed by atoms with Gasteiger partial charge in [0.05, 0.1) is 11.4 Å². The number of aromatic nitrogens is 2. The van der Waals surface area contributed by atoms with Crippen LogP contribution in [0.2, 0.25) is 0 Å². The SMILES string of the molecule is CC(=O)Nc1cccc(-c2nccnc2[C@H]2CCCN(C3CCN(C(C)=O)CC3)C2)c1. The zero-order valence-corrected chi connectivity index (χ0v) is 18.4. The van der Waals surface area contributed by atoms with Gasteiger partial charge in [-0.15, -0.1) is 0 Å². The summed E-state index contributed by atoms with van der Waals surface area (Å²) in [4.78, 5) is 37.1. The van der Waals surface area contributed by atoms with Crippen molar-refractivity contribution in [1.82, 2.24) is 19.8 Å². The molecule has 1 aromatic carbocycles. The molecule has 4 rings (SSSR count). The number of carbonyl (C=O) groups excluding carboxylic acids is 2. The molecule has 2 aromatic rings. The lowest BCUT2D eigenvalue weighted by Crippen LogP contribution is -2.49. The molecule has 7 nitrogen and oxygen atoms in total. The van der Waals surface area contributed by atoms with E-state index in [1.54, 1.807) is 19.3 Å². The lowest BCUT2D eigenvalue weighted by molar-refractivity contribution is -0.130. The van der Waals surface area contributed by atoms with E-state index in [1.807, 2.05) is 29.2 Å². The topological polar surface area (TPSA) is 78.4 Å². The minimum Gasteiger partial charge on any atom is -0.343 e. The van der Waals surface area contributed by atoms with E-state index in [0.29, 0.717) is 12.0 Å². The van der Waals surface area contributed by atoms with E-state index in [2.05, 4.69) is 15.2 Å². The lowest BCUT2D eigenvalue weighted by atomic mass is 9.89. The standard InChI is InChI=1S/C24H31N5O2/c1-17(30)27-21-7-3-5-19(15-21)23-24(26-11-10-25-23)20-6-4-12-29(16-20)22-8-13-28(14-9-22)18(2)31/h3,5,7,10-11,15,20,22H,4,6,8-9,12-14,16H2,1-2H3,(H,27,30)/t20-/m0/s1. The van der Waals surface area contributed by atoms with Crippen molar-refractivity contribution in [3.05, 3.63) is 42.4 Å². The van der Waals surface area contributed by atoms with Gasteiger partial charge in [0.2, 0.25) is 11.8 Å². The van der Waals surface area contributed by atoms with Crippen molar-refractivity contribution >= 4 is 17.5 Å². The van der Waals surface area contributed by atoms with Crippen LogP contribution in [0.15, 0.2) is 36.7 Å². The molecule has 7 heteroatoms. The molecule has 2 aliphatic rings. The van der Waals surface area contributed by atoms with E-state index in [4.69, 9.17) is 4.98 Å². The molecule has 2 amide bonds. The fourth-order valence-corrected chi connectivity index (χ4v) is 4.92. The van der Waals surface area contributed by atoms with Gasteiger partial charge in [-0.25, -0.2) is 0 Å². The highest BCUT2D eigenvalue weighted by Crippen LogP contribution is 2.34. The Morgan fingerprint density at radius 1 is 1.03 bits per heavy atom. The first-order valence-electron chi connectivity index (χ1n) is 11.2. The predicted molar refractivity (Wildman–Crippen MR) is 121 cm³/mol. The lowest BCUT2D eigenvalue weighted by Gasteiger charge is -2.42. The number of nitrogens with zero attached hydrogens (tertiary/aromatic N) is 4. The third kappa shape index (κ3) is 5.10. The first kappa shape index (κ1) is 21.4. The average Bonchev–Trinajstić information content (AvgIpc) is 2.79. The number of likely N-dealkylation sites (tertiary alicyclic amines) is 2. The number of benzene rings is 1. The van der Waals surface area contributed by atoms with E-state index >= 15 is 0 Å². The Labute approximate surface area is 183 Å². The molecule has 164 valence electrons. The summed E-state index contributed by atoms with van der Waals surface area (Å²) in [7, 11) is 0. The van der Waals surface area contributed by atoms with Crippen LogP contribution in [0.4, 0.5) is 5.69 Å². The molecule has 0 saturated carbocycles. The normalized spacial score (nSPS) is 20.5. The van der Waals surface area contributed by atoms with Gasteiger partial charge in [0.15, 0.2) is 0 Å². The smallest absolute Gasteiger partial charge is 0.221 e. The summed E-state index contributed by atoms with van der Waals surface area (Å²) in [6.45, 7) is 6.96. The molecule has 0 aliphatic carbocycles. The van der Waals surface area contributed by atoms with Crippen molar-refractivity contribution in [3.8, 4) is 11.3 Å². The molecule has 31 heavy (non-hydrogen) atoms. The Morgan fingerprint density at radius 2 is 1.81 bits per heavy atom. The van der Waals surface area contributed by atoms with Gasteiger partial charge in [-0.2, -0.15) is 0 Å². The van der Waals surface area contributed by atoms with Gasteiger partial charge in [-0.1, -0.05) is 12.1 Å². The van der Waals surface area contributed by atoms with Gasteiger partial charge in [0.1, 0.15) is 0 Å². The monoisotopic (exact) mass is 421 g/mol. The number of hydrogen-bond acceptors (Lipinski definition) is 5. The molecule has 1 aromatic heterocycles. The third-order valence-electron chi connectivity index (χ3n) is 6.45. The largest absolute Gasteiger partial charge is 0.343 e. The Morgan fingerprint density at radius 3 is 2.55 bits per heavy atom. The summed E-state index contributed by atoms with van der Waals surface area (Å²) in [6.07, 6.45) is 7.83. The van der Waals surface area contributed by atoms with E-state index in [1.165, 1.54) is 6.92 Å². The molecule has 2 fully saturated rings. The van der Waals surface area contributed by atoms with Crippen LogP contribution < -0.4 is 5.32 Å². The molecular weight excluding hydrogens is 390 g/mol. The van der Waals surface area contributed by atoms with Gasteiger partial charge >= 0.3 is 0 Å². The van der Waals surface area contributed by atoms with Gasteiger partial charge in [-0.05, 0) is 44.4 Å². The maximum Gasteiger partial charge on any atom is 0.221 e. The minimum atomic E-state index is -0.0877. The van der Waals surface area contributed by atoms with Crippen LogP contribution in [0.25, 0.3) is 11.3 Å². The summed E-state index contributed by atoms with van der Waals surface area (Å²) < 4.78 is 0. The second-order valence-electron chi connectivity index (χ2n) is 8.62. The second-order valence-corrected chi connectivity index (χ2v) is 8.62. The Kier molecular flexibility index (Phi) is 6.61. The van der Waals surface area contributed by atoms with Crippen molar-refractivity contribution in [2.75, 3.05) is 31.5 Å². The molecule has 2 aliphatic heterocycles. The van der Waals surface area contributed by atoms with Gasteiger partial charge in [0.25, 0.3) is 0 Å². The Bertz CT molecular complexity index is 939. The van der Waals surface area contributed by atoms with Crippen LogP contribution in [0.3, 0.4) is 0 Å². The molecule has 0 unspecified atom stereocenters. The molecule has 1 N–H and O–H groups in total. The second kappa shape index (κ2) is 9.56. The van der Waals surface area contributed by atoms with Crippen LogP contribution >= 0.6 is 0 Å². The van der Waals surface area contributed by atoms with Gasteiger partial charge in [-0.3, -0.25) is 24.5 Å². The molecule has 0 spiro atoms. The highest BCUT2D eigenvalue weighted by Gasteiger charge is 2.31. The number of nitrogens with one attached hydrogen (secondary N) is 1. The van der Waals surface area contributed by atoms with Crippen molar-refractivity contribution in [3.63, 3.8) is 0 Å². The van der Waals surface area contributed by atoms with Crippen LogP contribution in [-0.4, -0.2) is 63.8 Å². The van der Waals surface area contributed by atoms with Crippen molar-refractivity contribution in [1.29, 1.82) is 0 Å². The zero-order valence-electron chi connectivity index (χ0n) is 18.4. The maximum absolute atomic E-state index is 11.6. The molecule has 1 atom stereocenters. The first-order valence-corrected chi connectivity index (χ1v) is 11.2. The van der Waals surface area contributed by atoms with Gasteiger partial charge < -0.3 is 10.2 Å². The molecule has 0 bridgehead atoms.